The minimum absolute atomic E-state index is 0.0765. The number of urea groups is 1. The summed E-state index contributed by atoms with van der Waals surface area (Å²) in [6.45, 7) is 1.11. The number of methoxy groups -OCH3 is 2. The van der Waals surface area contributed by atoms with Gasteiger partial charge < -0.3 is 35.1 Å². The van der Waals surface area contributed by atoms with Gasteiger partial charge in [0.1, 0.15) is 28.9 Å². The number of carboxylic acids is 1. The summed E-state index contributed by atoms with van der Waals surface area (Å²) in [5.41, 5.74) is -0.451. The largest absolute Gasteiger partial charge is 0.496 e. The minimum atomic E-state index is -1.30. The van der Waals surface area contributed by atoms with E-state index in [0.717, 1.165) is 12.8 Å². The molecule has 12 nitrogen and oxygen atoms in total. The molecule has 1 aromatic carbocycles. The number of ether oxygens (including phenoxy) is 2. The van der Waals surface area contributed by atoms with E-state index in [1.807, 2.05) is 0 Å². The molecule has 33 heavy (non-hydrogen) atoms. The molecular formula is C21H25N5O7. The number of H-pyrrole nitrogens is 1. The van der Waals surface area contributed by atoms with Crippen LogP contribution in [0.5, 0.6) is 11.5 Å². The van der Waals surface area contributed by atoms with E-state index in [4.69, 9.17) is 9.47 Å². The first-order valence-electron chi connectivity index (χ1n) is 10.2. The van der Waals surface area contributed by atoms with Crippen LogP contribution in [0.4, 0.5) is 10.6 Å². The quantitative estimate of drug-likeness (QED) is 0.451. The van der Waals surface area contributed by atoms with Gasteiger partial charge >= 0.3 is 17.7 Å². The van der Waals surface area contributed by atoms with Gasteiger partial charge in [0.05, 0.1) is 14.2 Å². The molecular weight excluding hydrogens is 434 g/mol. The summed E-state index contributed by atoms with van der Waals surface area (Å²) in [6.07, 6.45) is 2.74. The molecule has 1 aliphatic rings. The van der Waals surface area contributed by atoms with E-state index in [0.29, 0.717) is 13.1 Å². The van der Waals surface area contributed by atoms with Gasteiger partial charge in [-0.15, -0.1) is 0 Å². The Labute approximate surface area is 188 Å². The fourth-order valence-corrected chi connectivity index (χ4v) is 3.51. The molecule has 1 atom stereocenters. The van der Waals surface area contributed by atoms with Crippen LogP contribution >= 0.6 is 0 Å². The number of nitrogens with one attached hydrogen (secondary N) is 3. The predicted molar refractivity (Wildman–Crippen MR) is 117 cm³/mol. The third-order valence-electron chi connectivity index (χ3n) is 5.19. The van der Waals surface area contributed by atoms with Gasteiger partial charge in [-0.25, -0.2) is 14.4 Å². The van der Waals surface area contributed by atoms with Gasteiger partial charge in [0, 0.05) is 31.3 Å². The van der Waals surface area contributed by atoms with Crippen molar-refractivity contribution in [3.05, 3.63) is 46.0 Å². The molecule has 0 spiro atoms. The second-order valence-corrected chi connectivity index (χ2v) is 7.31. The van der Waals surface area contributed by atoms with Crippen LogP contribution in [-0.2, 0) is 11.2 Å². The average Bonchev–Trinajstić information content (AvgIpc) is 3.34. The Kier molecular flexibility index (Phi) is 7.49. The highest BCUT2D eigenvalue weighted by Crippen LogP contribution is 2.29. The normalized spacial score (nSPS) is 13.8. The maximum Gasteiger partial charge on any atom is 0.346 e. The van der Waals surface area contributed by atoms with E-state index in [9.17, 15) is 24.3 Å². The molecule has 1 aliphatic heterocycles. The molecule has 176 valence electrons. The van der Waals surface area contributed by atoms with E-state index < -0.39 is 29.6 Å². The first kappa shape index (κ1) is 23.6. The Morgan fingerprint density at radius 1 is 1.18 bits per heavy atom. The van der Waals surface area contributed by atoms with Crippen LogP contribution in [0.15, 0.2) is 29.2 Å². The average molecular weight is 459 g/mol. The van der Waals surface area contributed by atoms with Crippen LogP contribution < -0.4 is 25.8 Å². The highest BCUT2D eigenvalue weighted by molar-refractivity contribution is 6.08. The number of carbonyl (C=O) groups is 3. The van der Waals surface area contributed by atoms with Crippen molar-refractivity contribution in [2.45, 2.75) is 25.3 Å². The number of rotatable bonds is 8. The highest BCUT2D eigenvalue weighted by Gasteiger charge is 2.27. The van der Waals surface area contributed by atoms with Gasteiger partial charge in [0.2, 0.25) is 0 Å². The zero-order valence-corrected chi connectivity index (χ0v) is 18.2. The lowest BCUT2D eigenvalue weighted by atomic mass is 10.1. The van der Waals surface area contributed by atoms with Crippen molar-refractivity contribution in [1.29, 1.82) is 0 Å². The monoisotopic (exact) mass is 459 g/mol. The van der Waals surface area contributed by atoms with Crippen LogP contribution in [0.3, 0.4) is 0 Å². The molecule has 1 unspecified atom stereocenters. The lowest BCUT2D eigenvalue weighted by molar-refractivity contribution is -0.139. The van der Waals surface area contributed by atoms with Crippen molar-refractivity contribution >= 4 is 23.7 Å². The topological polar surface area (TPSA) is 163 Å². The van der Waals surface area contributed by atoms with Crippen molar-refractivity contribution in [2.24, 2.45) is 0 Å². The van der Waals surface area contributed by atoms with Crippen molar-refractivity contribution < 1.29 is 29.0 Å². The first-order valence-corrected chi connectivity index (χ1v) is 10.2. The van der Waals surface area contributed by atoms with Crippen LogP contribution in [0.1, 0.15) is 28.8 Å². The Morgan fingerprint density at radius 3 is 2.39 bits per heavy atom. The zero-order chi connectivity index (χ0) is 24.0. The van der Waals surface area contributed by atoms with Crippen molar-refractivity contribution in [3.8, 4) is 11.5 Å². The fourth-order valence-electron chi connectivity index (χ4n) is 3.51. The van der Waals surface area contributed by atoms with Gasteiger partial charge in [-0.2, -0.15) is 4.98 Å². The maximum absolute atomic E-state index is 13.0. The zero-order valence-electron chi connectivity index (χ0n) is 18.2. The van der Waals surface area contributed by atoms with Gasteiger partial charge in [-0.1, -0.05) is 6.07 Å². The molecule has 2 heterocycles. The smallest absolute Gasteiger partial charge is 0.346 e. The first-order chi connectivity index (χ1) is 15.8. The predicted octanol–water partition coefficient (Wildman–Crippen LogP) is 0.841. The number of aromatic nitrogens is 2. The van der Waals surface area contributed by atoms with E-state index in [1.165, 1.54) is 25.3 Å². The molecule has 4 N–H and O–H groups in total. The number of carbonyl (C=O) groups excluding carboxylic acids is 2. The van der Waals surface area contributed by atoms with Crippen molar-refractivity contribution in [1.82, 2.24) is 20.2 Å². The van der Waals surface area contributed by atoms with Crippen LogP contribution in [0.2, 0.25) is 0 Å². The summed E-state index contributed by atoms with van der Waals surface area (Å²) in [5, 5.41) is 14.6. The van der Waals surface area contributed by atoms with Crippen molar-refractivity contribution in [3.63, 3.8) is 0 Å². The second-order valence-electron chi connectivity index (χ2n) is 7.31. The summed E-state index contributed by atoms with van der Waals surface area (Å²) in [4.78, 5) is 56.7. The number of nitrogens with zero attached hydrogens (tertiary/aromatic N) is 2. The Hall–Kier alpha value is -4.09. The van der Waals surface area contributed by atoms with E-state index in [1.54, 1.807) is 18.2 Å². The van der Waals surface area contributed by atoms with E-state index in [2.05, 4.69) is 20.6 Å². The highest BCUT2D eigenvalue weighted by atomic mass is 16.5. The molecule has 1 saturated heterocycles. The number of aromatic amines is 1. The van der Waals surface area contributed by atoms with Crippen LogP contribution in [-0.4, -0.2) is 71.2 Å². The number of aliphatic carboxylic acids is 1. The molecule has 0 bridgehead atoms. The summed E-state index contributed by atoms with van der Waals surface area (Å²) >= 11 is 0. The molecule has 2 aromatic rings. The number of benzene rings is 1. The maximum atomic E-state index is 13.0. The number of amides is 3. The number of hydrogen-bond acceptors (Lipinski definition) is 7. The minimum Gasteiger partial charge on any atom is -0.496 e. The molecule has 12 heteroatoms. The summed E-state index contributed by atoms with van der Waals surface area (Å²) < 4.78 is 10.5. The Morgan fingerprint density at radius 2 is 1.82 bits per heavy atom. The third kappa shape index (κ3) is 5.59. The fraction of sp³-hybridized carbons (Fsp3) is 0.381. The molecule has 0 saturated carbocycles. The standard InChI is InChI=1S/C21H25N5O7/c1-32-14-6-5-7-15(33-2)16(14)18(27)24-17-12(11-22-20(30)25-17)10-13(19(28)29)23-21(31)26-8-3-4-9-26/h5-7,11,13H,3-4,8-10H2,1-2H3,(H,23,31)(H,28,29)(H2,22,24,25,27,30). The molecule has 3 rings (SSSR count). The van der Waals surface area contributed by atoms with E-state index in [-0.39, 0.29) is 34.9 Å². The second kappa shape index (κ2) is 10.5. The number of carboxylic acid groups (broad SMARTS) is 1. The molecule has 3 amide bonds. The van der Waals surface area contributed by atoms with Crippen LogP contribution in [0, 0.1) is 0 Å². The van der Waals surface area contributed by atoms with E-state index >= 15 is 0 Å². The summed E-state index contributed by atoms with van der Waals surface area (Å²) in [6, 6.07) is 2.99. The lowest BCUT2D eigenvalue weighted by Crippen LogP contribution is -2.48. The van der Waals surface area contributed by atoms with Crippen LogP contribution in [0.25, 0.3) is 0 Å². The summed E-state index contributed by atoms with van der Waals surface area (Å²) in [7, 11) is 2.78. The third-order valence-corrected chi connectivity index (χ3v) is 5.19. The van der Waals surface area contributed by atoms with Gasteiger partial charge in [0.15, 0.2) is 0 Å². The molecule has 0 aliphatic carbocycles. The molecule has 0 radical (unpaired) electrons. The molecule has 1 fully saturated rings. The molecule has 1 aromatic heterocycles. The lowest BCUT2D eigenvalue weighted by Gasteiger charge is -2.21. The number of likely N-dealkylation sites (tertiary alicyclic amines) is 1. The van der Waals surface area contributed by atoms with Gasteiger partial charge in [0.25, 0.3) is 5.91 Å². The Balaban J connectivity index is 1.85. The Bertz CT molecular complexity index is 1070. The van der Waals surface area contributed by atoms with Gasteiger partial charge in [-0.05, 0) is 25.0 Å². The summed E-state index contributed by atoms with van der Waals surface area (Å²) in [5.74, 6) is -1.61. The van der Waals surface area contributed by atoms with Crippen molar-refractivity contribution in [2.75, 3.05) is 32.6 Å². The van der Waals surface area contributed by atoms with Gasteiger partial charge in [-0.3, -0.25) is 4.79 Å². The number of hydrogen-bond donors (Lipinski definition) is 4. The number of anilines is 1. The SMILES string of the molecule is COc1cccc(OC)c1C(=O)Nc1nc(=O)[nH]cc1CC(NC(=O)N1CCCC1)C(=O)O.